The molecule has 21 heavy (non-hydrogen) atoms. The van der Waals surface area contributed by atoms with Crippen LogP contribution in [0.5, 0.6) is 11.5 Å². The van der Waals surface area contributed by atoms with Crippen LogP contribution in [0, 0.1) is 0 Å². The maximum absolute atomic E-state index is 11.1. The summed E-state index contributed by atoms with van der Waals surface area (Å²) in [6.07, 6.45) is 0.969. The van der Waals surface area contributed by atoms with Gasteiger partial charge in [-0.05, 0) is 47.0 Å². The summed E-state index contributed by atoms with van der Waals surface area (Å²) in [5.41, 5.74) is 1.08. The molecule has 1 amide bonds. The molecular formula is C15H21BrN2O3. The largest absolute Gasteiger partial charge is 0.503 e. The predicted octanol–water partition coefficient (Wildman–Crippen LogP) is 2.26. The van der Waals surface area contributed by atoms with Gasteiger partial charge in [0.15, 0.2) is 11.5 Å². The molecule has 0 bridgehead atoms. The third kappa shape index (κ3) is 4.35. The molecule has 1 fully saturated rings. The van der Waals surface area contributed by atoms with Gasteiger partial charge in [0.1, 0.15) is 0 Å². The molecule has 1 unspecified atom stereocenters. The van der Waals surface area contributed by atoms with Gasteiger partial charge in [-0.3, -0.25) is 9.69 Å². The summed E-state index contributed by atoms with van der Waals surface area (Å²) in [5, 5.41) is 12.9. The van der Waals surface area contributed by atoms with Crippen LogP contribution in [0.3, 0.4) is 0 Å². The number of hydrogen-bond acceptors (Lipinski definition) is 4. The van der Waals surface area contributed by atoms with Gasteiger partial charge in [0.05, 0.1) is 11.1 Å². The van der Waals surface area contributed by atoms with Crippen LogP contribution in [0.2, 0.25) is 0 Å². The van der Waals surface area contributed by atoms with Gasteiger partial charge in [-0.25, -0.2) is 0 Å². The zero-order valence-corrected chi connectivity index (χ0v) is 13.9. The van der Waals surface area contributed by atoms with Crippen molar-refractivity contribution in [2.24, 2.45) is 0 Å². The van der Waals surface area contributed by atoms with E-state index in [2.05, 4.69) is 26.1 Å². The van der Waals surface area contributed by atoms with Crippen molar-refractivity contribution < 1.29 is 14.6 Å². The van der Waals surface area contributed by atoms with E-state index in [0.717, 1.165) is 31.6 Å². The number of likely N-dealkylation sites (tertiary alicyclic amines) is 1. The number of rotatable bonds is 5. The molecule has 1 aliphatic heterocycles. The minimum Gasteiger partial charge on any atom is -0.503 e. The van der Waals surface area contributed by atoms with Crippen molar-refractivity contribution in [2.75, 3.05) is 19.7 Å². The fraction of sp³-hybridized carbons (Fsp3) is 0.533. The molecule has 1 saturated heterocycles. The van der Waals surface area contributed by atoms with E-state index >= 15 is 0 Å². The zero-order chi connectivity index (χ0) is 15.4. The summed E-state index contributed by atoms with van der Waals surface area (Å²) in [5.74, 6) is 0.658. The van der Waals surface area contributed by atoms with Gasteiger partial charge in [0.25, 0.3) is 0 Å². The van der Waals surface area contributed by atoms with Crippen molar-refractivity contribution >= 4 is 21.8 Å². The minimum atomic E-state index is 0.0212. The number of aromatic hydroxyl groups is 1. The lowest BCUT2D eigenvalue weighted by molar-refractivity contribution is -0.119. The highest BCUT2D eigenvalue weighted by molar-refractivity contribution is 9.10. The van der Waals surface area contributed by atoms with E-state index < -0.39 is 0 Å². The van der Waals surface area contributed by atoms with Gasteiger partial charge in [-0.15, -0.1) is 0 Å². The maximum Gasteiger partial charge on any atom is 0.217 e. The number of amides is 1. The second kappa shape index (κ2) is 7.13. The van der Waals surface area contributed by atoms with E-state index in [1.807, 2.05) is 19.1 Å². The topological polar surface area (TPSA) is 61.8 Å². The van der Waals surface area contributed by atoms with Crippen molar-refractivity contribution in [3.63, 3.8) is 0 Å². The highest BCUT2D eigenvalue weighted by Crippen LogP contribution is 2.36. The van der Waals surface area contributed by atoms with E-state index in [1.54, 1.807) is 6.92 Å². The molecule has 5 nitrogen and oxygen atoms in total. The van der Waals surface area contributed by atoms with Crippen LogP contribution < -0.4 is 10.1 Å². The zero-order valence-electron chi connectivity index (χ0n) is 12.4. The van der Waals surface area contributed by atoms with Gasteiger partial charge in [0, 0.05) is 32.6 Å². The van der Waals surface area contributed by atoms with Gasteiger partial charge < -0.3 is 15.2 Å². The fourth-order valence-corrected chi connectivity index (χ4v) is 3.11. The van der Waals surface area contributed by atoms with Gasteiger partial charge in [-0.2, -0.15) is 0 Å². The Hall–Kier alpha value is -1.27. The number of ether oxygens (including phenoxy) is 1. The molecule has 0 radical (unpaired) electrons. The Kier molecular flexibility index (Phi) is 5.47. The third-order valence-corrected chi connectivity index (χ3v) is 4.08. The Morgan fingerprint density at radius 2 is 2.33 bits per heavy atom. The van der Waals surface area contributed by atoms with E-state index in [9.17, 15) is 9.90 Å². The lowest BCUT2D eigenvalue weighted by Crippen LogP contribution is -2.35. The molecule has 1 aromatic carbocycles. The van der Waals surface area contributed by atoms with Gasteiger partial charge >= 0.3 is 0 Å². The van der Waals surface area contributed by atoms with Crippen molar-refractivity contribution in [1.82, 2.24) is 10.2 Å². The molecule has 0 aromatic heterocycles. The Morgan fingerprint density at radius 3 is 3.00 bits per heavy atom. The van der Waals surface area contributed by atoms with E-state index in [0.29, 0.717) is 16.8 Å². The number of halogens is 1. The molecule has 1 aliphatic rings. The summed E-state index contributed by atoms with van der Waals surface area (Å²) in [6, 6.07) is 4.01. The van der Waals surface area contributed by atoms with Crippen LogP contribution in [0.25, 0.3) is 0 Å². The number of carbonyl (C=O) groups is 1. The van der Waals surface area contributed by atoms with Crippen LogP contribution in [0.15, 0.2) is 16.6 Å². The van der Waals surface area contributed by atoms with Crippen LogP contribution in [-0.2, 0) is 11.3 Å². The Morgan fingerprint density at radius 1 is 1.57 bits per heavy atom. The Bertz CT molecular complexity index is 522. The summed E-state index contributed by atoms with van der Waals surface area (Å²) in [6.45, 7) is 6.52. The molecule has 1 heterocycles. The van der Waals surface area contributed by atoms with Crippen LogP contribution in [-0.4, -0.2) is 41.7 Å². The smallest absolute Gasteiger partial charge is 0.217 e. The first-order chi connectivity index (χ1) is 9.99. The SMILES string of the molecule is CCOc1cc(CN2CCC(NC(C)=O)C2)cc(Br)c1O. The monoisotopic (exact) mass is 356 g/mol. The highest BCUT2D eigenvalue weighted by Gasteiger charge is 2.23. The normalized spacial score (nSPS) is 18.7. The van der Waals surface area contributed by atoms with E-state index in [4.69, 9.17) is 4.74 Å². The molecule has 0 aliphatic carbocycles. The van der Waals surface area contributed by atoms with Crippen molar-refractivity contribution in [2.45, 2.75) is 32.9 Å². The lowest BCUT2D eigenvalue weighted by atomic mass is 10.2. The van der Waals surface area contributed by atoms with Crippen molar-refractivity contribution in [3.05, 3.63) is 22.2 Å². The molecule has 116 valence electrons. The number of nitrogens with zero attached hydrogens (tertiary/aromatic N) is 1. The minimum absolute atomic E-state index is 0.0212. The lowest BCUT2D eigenvalue weighted by Gasteiger charge is -2.18. The van der Waals surface area contributed by atoms with Crippen molar-refractivity contribution in [3.8, 4) is 11.5 Å². The standard InChI is InChI=1S/C15H21BrN2O3/c1-3-21-14-7-11(6-13(16)15(14)20)8-18-5-4-12(9-18)17-10(2)19/h6-7,12,20H,3-5,8-9H2,1-2H3,(H,17,19). The summed E-state index contributed by atoms with van der Waals surface area (Å²) in [4.78, 5) is 13.4. The fourth-order valence-electron chi connectivity index (χ4n) is 2.62. The molecule has 2 N–H and O–H groups in total. The summed E-state index contributed by atoms with van der Waals surface area (Å²) in [7, 11) is 0. The van der Waals surface area contributed by atoms with E-state index in [-0.39, 0.29) is 17.7 Å². The number of hydrogen-bond donors (Lipinski definition) is 2. The average Bonchev–Trinajstić information content (AvgIpc) is 2.82. The third-order valence-electron chi connectivity index (χ3n) is 3.47. The summed E-state index contributed by atoms with van der Waals surface area (Å²) < 4.78 is 6.08. The highest BCUT2D eigenvalue weighted by atomic mass is 79.9. The average molecular weight is 357 g/mol. The number of carbonyl (C=O) groups excluding carboxylic acids is 1. The van der Waals surface area contributed by atoms with Gasteiger partial charge in [0.2, 0.25) is 5.91 Å². The van der Waals surface area contributed by atoms with E-state index in [1.165, 1.54) is 0 Å². The molecule has 0 saturated carbocycles. The second-order valence-electron chi connectivity index (χ2n) is 5.28. The number of phenols is 1. The Balaban J connectivity index is 2.02. The maximum atomic E-state index is 11.1. The summed E-state index contributed by atoms with van der Waals surface area (Å²) >= 11 is 3.36. The van der Waals surface area contributed by atoms with Crippen LogP contribution >= 0.6 is 15.9 Å². The van der Waals surface area contributed by atoms with Gasteiger partial charge in [-0.1, -0.05) is 0 Å². The molecule has 0 spiro atoms. The Labute approximate surface area is 133 Å². The first-order valence-corrected chi connectivity index (χ1v) is 7.92. The first-order valence-electron chi connectivity index (χ1n) is 7.13. The molecule has 1 aromatic rings. The van der Waals surface area contributed by atoms with Crippen LogP contribution in [0.1, 0.15) is 25.8 Å². The quantitative estimate of drug-likeness (QED) is 0.849. The number of benzene rings is 1. The second-order valence-corrected chi connectivity index (χ2v) is 6.13. The molecule has 1 atom stereocenters. The molecule has 6 heteroatoms. The van der Waals surface area contributed by atoms with Crippen LogP contribution in [0.4, 0.5) is 0 Å². The molecular weight excluding hydrogens is 336 g/mol. The molecule has 2 rings (SSSR count). The predicted molar refractivity (Wildman–Crippen MR) is 84.5 cm³/mol. The van der Waals surface area contributed by atoms with Crippen molar-refractivity contribution in [1.29, 1.82) is 0 Å². The first kappa shape index (κ1) is 16.1. The number of nitrogens with one attached hydrogen (secondary N) is 1. The number of phenolic OH excluding ortho intramolecular Hbond substituents is 1.